The Bertz CT molecular complexity index is 420. The van der Waals surface area contributed by atoms with E-state index in [4.69, 9.17) is 11.0 Å². The summed E-state index contributed by atoms with van der Waals surface area (Å²) in [5.74, 6) is -0.970. The van der Waals surface area contributed by atoms with E-state index in [0.717, 1.165) is 5.56 Å². The minimum atomic E-state index is -3.64. The normalized spacial score (nSPS) is 13.2. The molecule has 0 aliphatic heterocycles. The van der Waals surface area contributed by atoms with Gasteiger partial charge in [-0.05, 0) is 12.5 Å². The Morgan fingerprint density at radius 2 is 1.88 bits per heavy atom. The fourth-order valence-electron chi connectivity index (χ4n) is 1.21. The van der Waals surface area contributed by atoms with Crippen LogP contribution in [0.15, 0.2) is 30.3 Å². The Kier molecular flexibility index (Phi) is 4.15. The Labute approximate surface area is 99.9 Å². The van der Waals surface area contributed by atoms with E-state index in [2.05, 4.69) is 12.8 Å². The third kappa shape index (κ3) is 3.09. The van der Waals surface area contributed by atoms with Gasteiger partial charge in [-0.25, -0.2) is 4.08 Å². The Morgan fingerprint density at radius 1 is 1.38 bits per heavy atom. The van der Waals surface area contributed by atoms with Gasteiger partial charge in [0.1, 0.15) is 0 Å². The van der Waals surface area contributed by atoms with Crippen LogP contribution in [0.4, 0.5) is 0 Å². The lowest BCUT2D eigenvalue weighted by Crippen LogP contribution is -2.30. The number of rotatable bonds is 3. The summed E-state index contributed by atoms with van der Waals surface area (Å²) >= 11 is 3.77. The first kappa shape index (κ1) is 13.3. The molecule has 0 aliphatic carbocycles. The molecule has 1 atom stereocenters. The van der Waals surface area contributed by atoms with Crippen LogP contribution in [-0.4, -0.2) is 9.98 Å². The van der Waals surface area contributed by atoms with Crippen molar-refractivity contribution in [2.24, 2.45) is 11.0 Å². The van der Waals surface area contributed by atoms with Crippen molar-refractivity contribution in [3.63, 3.8) is 0 Å². The first-order valence-corrected chi connectivity index (χ1v) is 6.79. The number of nitrogens with two attached hydrogens (primary N) is 2. The zero-order valence-electron chi connectivity index (χ0n) is 8.78. The summed E-state index contributed by atoms with van der Waals surface area (Å²) in [6.45, 7) is 1.68. The van der Waals surface area contributed by atoms with Gasteiger partial charge in [-0.2, -0.15) is 0 Å². The maximum absolute atomic E-state index is 11.8. The van der Waals surface area contributed by atoms with E-state index < -0.39 is 19.4 Å². The summed E-state index contributed by atoms with van der Waals surface area (Å²) < 4.78 is 11.9. The van der Waals surface area contributed by atoms with Crippen LogP contribution in [0.5, 0.6) is 0 Å². The van der Waals surface area contributed by atoms with Crippen LogP contribution in [0.3, 0.4) is 0 Å². The average molecular weight is 259 g/mol. The van der Waals surface area contributed by atoms with E-state index in [1.807, 2.05) is 18.2 Å². The molecule has 5 nitrogen and oxygen atoms in total. The fourth-order valence-corrected chi connectivity index (χ4v) is 1.87. The predicted octanol–water partition coefficient (Wildman–Crippen LogP) is 1.49. The molecule has 0 aromatic heterocycles. The van der Waals surface area contributed by atoms with Crippen LogP contribution in [0.1, 0.15) is 18.4 Å². The van der Waals surface area contributed by atoms with Crippen molar-refractivity contribution in [2.75, 3.05) is 0 Å². The highest BCUT2D eigenvalue weighted by Crippen LogP contribution is 2.36. The first-order valence-electron chi connectivity index (χ1n) is 4.59. The number of thiol groups is 1. The number of hydrogen-bond acceptors (Lipinski definition) is 3. The maximum Gasteiger partial charge on any atom is 0.312 e. The van der Waals surface area contributed by atoms with Crippen molar-refractivity contribution < 1.29 is 9.36 Å². The molecule has 16 heavy (non-hydrogen) atoms. The summed E-state index contributed by atoms with van der Waals surface area (Å²) in [5, 5.41) is 0. The second-order valence-corrected chi connectivity index (χ2v) is 5.89. The molecule has 0 saturated carbocycles. The van der Waals surface area contributed by atoms with E-state index in [1.54, 1.807) is 19.1 Å². The lowest BCUT2D eigenvalue weighted by molar-refractivity contribution is -0.124. The van der Waals surface area contributed by atoms with Gasteiger partial charge in [0.2, 0.25) is 5.91 Å². The lowest BCUT2D eigenvalue weighted by atomic mass is 10.0. The van der Waals surface area contributed by atoms with Crippen LogP contribution >= 0.6 is 20.4 Å². The van der Waals surface area contributed by atoms with Gasteiger partial charge in [-0.3, -0.25) is 20.4 Å². The summed E-state index contributed by atoms with van der Waals surface area (Å²) in [4.78, 5) is 11.8. The fraction of sp³-hybridized carbons (Fsp3) is 0.222. The van der Waals surface area contributed by atoms with Gasteiger partial charge < -0.3 is 0 Å². The van der Waals surface area contributed by atoms with Crippen molar-refractivity contribution in [3.05, 3.63) is 35.9 Å². The monoisotopic (exact) mass is 259 g/mol. The summed E-state index contributed by atoms with van der Waals surface area (Å²) in [6, 6.07) is 9.05. The molecular formula is C9H14N3O2PS. The SMILES string of the molecule is CC(C(=O)N(S)P(N)(N)=O)c1ccccc1. The molecule has 1 rings (SSSR count). The van der Waals surface area contributed by atoms with E-state index in [-0.39, 0.29) is 0 Å². The minimum Gasteiger partial charge on any atom is -0.273 e. The van der Waals surface area contributed by atoms with Crippen LogP contribution < -0.4 is 11.0 Å². The number of nitrogens with zero attached hydrogens (tertiary/aromatic N) is 1. The van der Waals surface area contributed by atoms with Gasteiger partial charge in [-0.15, -0.1) is 0 Å². The van der Waals surface area contributed by atoms with E-state index in [9.17, 15) is 9.36 Å². The second-order valence-electron chi connectivity index (χ2n) is 3.43. The predicted molar refractivity (Wildman–Crippen MR) is 66.7 cm³/mol. The second kappa shape index (κ2) is 5.01. The number of carbonyl (C=O) groups excluding carboxylic acids is 1. The molecule has 88 valence electrons. The van der Waals surface area contributed by atoms with Crippen LogP contribution in [0.2, 0.25) is 0 Å². The van der Waals surface area contributed by atoms with Gasteiger partial charge in [0.05, 0.1) is 5.92 Å². The molecular weight excluding hydrogens is 245 g/mol. The molecule has 1 amide bonds. The van der Waals surface area contributed by atoms with Gasteiger partial charge >= 0.3 is 7.59 Å². The zero-order valence-corrected chi connectivity index (χ0v) is 10.6. The van der Waals surface area contributed by atoms with Crippen molar-refractivity contribution in [1.29, 1.82) is 0 Å². The van der Waals surface area contributed by atoms with Crippen LogP contribution in [-0.2, 0) is 9.36 Å². The Balaban J connectivity index is 2.88. The summed E-state index contributed by atoms with van der Waals surface area (Å²) in [6.07, 6.45) is 0. The molecule has 0 saturated heterocycles. The van der Waals surface area contributed by atoms with Gasteiger partial charge in [-0.1, -0.05) is 43.1 Å². The smallest absolute Gasteiger partial charge is 0.273 e. The third-order valence-corrected chi connectivity index (χ3v) is 3.99. The Morgan fingerprint density at radius 3 is 2.31 bits per heavy atom. The standard InChI is InChI=1S/C9H14N3O2PS/c1-7(8-5-3-2-4-6-8)9(13)12(16)15(10,11)14/h2-7,16H,1H3,(H4,10,11,14). The summed E-state index contributed by atoms with van der Waals surface area (Å²) in [5.41, 5.74) is 11.1. The van der Waals surface area contributed by atoms with Crippen LogP contribution in [0, 0.1) is 0 Å². The molecule has 0 radical (unpaired) electrons. The number of amides is 1. The van der Waals surface area contributed by atoms with Crippen molar-refractivity contribution >= 4 is 26.3 Å². The molecule has 1 unspecified atom stereocenters. The average Bonchev–Trinajstić information content (AvgIpc) is 2.26. The molecule has 1 aromatic carbocycles. The van der Waals surface area contributed by atoms with Crippen molar-refractivity contribution in [1.82, 2.24) is 4.08 Å². The van der Waals surface area contributed by atoms with E-state index in [1.165, 1.54) is 0 Å². The van der Waals surface area contributed by atoms with Crippen molar-refractivity contribution in [3.8, 4) is 0 Å². The molecule has 0 spiro atoms. The maximum atomic E-state index is 11.8. The van der Waals surface area contributed by atoms with Crippen LogP contribution in [0.25, 0.3) is 0 Å². The van der Waals surface area contributed by atoms with E-state index >= 15 is 0 Å². The molecule has 0 aliphatic rings. The van der Waals surface area contributed by atoms with Gasteiger partial charge in [0.25, 0.3) is 0 Å². The molecule has 0 bridgehead atoms. The third-order valence-electron chi connectivity index (χ3n) is 2.16. The number of benzene rings is 1. The lowest BCUT2D eigenvalue weighted by Gasteiger charge is -2.22. The van der Waals surface area contributed by atoms with Gasteiger partial charge in [0, 0.05) is 0 Å². The zero-order chi connectivity index (χ0) is 12.3. The first-order chi connectivity index (χ1) is 7.34. The molecule has 0 heterocycles. The molecule has 1 aromatic rings. The molecule has 7 heteroatoms. The summed E-state index contributed by atoms with van der Waals surface area (Å²) in [7, 11) is -3.64. The minimum absolute atomic E-state index is 0.483. The highest BCUT2D eigenvalue weighted by Gasteiger charge is 2.28. The highest BCUT2D eigenvalue weighted by atomic mass is 32.1. The molecule has 0 fully saturated rings. The largest absolute Gasteiger partial charge is 0.312 e. The topological polar surface area (TPSA) is 89.4 Å². The number of hydrogen-bond donors (Lipinski definition) is 3. The Hall–Kier alpha value is -0.810. The highest BCUT2D eigenvalue weighted by molar-refractivity contribution is 7.86. The van der Waals surface area contributed by atoms with Gasteiger partial charge in [0.15, 0.2) is 0 Å². The van der Waals surface area contributed by atoms with E-state index in [0.29, 0.717) is 4.08 Å². The molecule has 4 N–H and O–H groups in total. The quantitative estimate of drug-likeness (QED) is 0.566. The van der Waals surface area contributed by atoms with Crippen molar-refractivity contribution in [2.45, 2.75) is 12.8 Å². The number of carbonyl (C=O) groups is 1.